The lowest BCUT2D eigenvalue weighted by atomic mass is 10.3. The molecule has 0 aliphatic rings. The summed E-state index contributed by atoms with van der Waals surface area (Å²) in [5.41, 5.74) is 0.612. The van der Waals surface area contributed by atoms with Crippen molar-refractivity contribution in [1.82, 2.24) is 9.88 Å². The molecular weight excluding hydrogens is 421 g/mol. The number of nitrogens with zero attached hydrogens (tertiary/aromatic N) is 3. The molecule has 2 amide bonds. The van der Waals surface area contributed by atoms with E-state index in [1.54, 1.807) is 54.0 Å². The first kappa shape index (κ1) is 22.4. The van der Waals surface area contributed by atoms with E-state index < -0.39 is 5.82 Å². The summed E-state index contributed by atoms with van der Waals surface area (Å²) in [6.07, 6.45) is 4.51. The monoisotopic (exact) mass is 443 g/mol. The van der Waals surface area contributed by atoms with Gasteiger partial charge in [-0.2, -0.15) is 0 Å². The minimum Gasteiger partial charge on any atom is -0.467 e. The molecule has 9 heteroatoms. The minimum absolute atomic E-state index is 0.125. The maximum Gasteiger partial charge on any atom is 0.247 e. The molecule has 0 saturated carbocycles. The normalized spacial score (nSPS) is 11.1. The number of ether oxygens (including phenoxy) is 1. The van der Waals surface area contributed by atoms with Crippen molar-refractivity contribution in [2.24, 2.45) is 0 Å². The second-order valence-electron chi connectivity index (χ2n) is 6.53. The SMILES string of the molecule is COCCN(Cc1ccco1)C(=O)/C=C/c1csc(N(C(C)=O)c2ccccc2F)n1. The van der Waals surface area contributed by atoms with E-state index in [9.17, 15) is 14.0 Å². The predicted octanol–water partition coefficient (Wildman–Crippen LogP) is 4.25. The molecule has 0 N–H and O–H groups in total. The highest BCUT2D eigenvalue weighted by atomic mass is 32.1. The van der Waals surface area contributed by atoms with Crippen LogP contribution in [0.2, 0.25) is 0 Å². The molecule has 31 heavy (non-hydrogen) atoms. The van der Waals surface area contributed by atoms with Crippen molar-refractivity contribution in [3.63, 3.8) is 0 Å². The van der Waals surface area contributed by atoms with Gasteiger partial charge in [-0.25, -0.2) is 9.37 Å². The van der Waals surface area contributed by atoms with Crippen LogP contribution in [0, 0.1) is 5.82 Å². The Morgan fingerprint density at radius 1 is 1.26 bits per heavy atom. The number of carbonyl (C=O) groups excluding carboxylic acids is 2. The number of hydrogen-bond donors (Lipinski definition) is 0. The van der Waals surface area contributed by atoms with Gasteiger partial charge < -0.3 is 14.1 Å². The van der Waals surface area contributed by atoms with Crippen LogP contribution in [0.4, 0.5) is 15.2 Å². The average molecular weight is 444 g/mol. The Hall–Kier alpha value is -3.30. The predicted molar refractivity (Wildman–Crippen MR) is 116 cm³/mol. The number of carbonyl (C=O) groups is 2. The number of amides is 2. The molecule has 7 nitrogen and oxygen atoms in total. The Balaban J connectivity index is 1.75. The summed E-state index contributed by atoms with van der Waals surface area (Å²) in [5, 5.41) is 2.01. The number of methoxy groups -OCH3 is 1. The summed E-state index contributed by atoms with van der Waals surface area (Å²) >= 11 is 1.18. The van der Waals surface area contributed by atoms with Crippen molar-refractivity contribution in [3.8, 4) is 0 Å². The maximum absolute atomic E-state index is 14.2. The van der Waals surface area contributed by atoms with E-state index in [2.05, 4.69) is 4.98 Å². The van der Waals surface area contributed by atoms with Gasteiger partial charge >= 0.3 is 0 Å². The Morgan fingerprint density at radius 2 is 2.06 bits per heavy atom. The number of furan rings is 1. The summed E-state index contributed by atoms with van der Waals surface area (Å²) in [5.74, 6) is -0.460. The first-order valence-corrected chi connectivity index (χ1v) is 10.4. The number of anilines is 2. The fraction of sp³-hybridized carbons (Fsp3) is 0.227. The fourth-order valence-corrected chi connectivity index (χ4v) is 3.67. The summed E-state index contributed by atoms with van der Waals surface area (Å²) < 4.78 is 24.6. The molecule has 3 aromatic rings. The summed E-state index contributed by atoms with van der Waals surface area (Å²) in [6, 6.07) is 9.55. The molecule has 2 aromatic heterocycles. The van der Waals surface area contributed by atoms with Crippen molar-refractivity contribution in [2.45, 2.75) is 13.5 Å². The van der Waals surface area contributed by atoms with Gasteiger partial charge in [-0.1, -0.05) is 12.1 Å². The highest BCUT2D eigenvalue weighted by molar-refractivity contribution is 7.14. The van der Waals surface area contributed by atoms with Gasteiger partial charge in [0.15, 0.2) is 5.13 Å². The number of aromatic nitrogens is 1. The van der Waals surface area contributed by atoms with Crippen LogP contribution in [0.25, 0.3) is 6.08 Å². The third-order valence-corrected chi connectivity index (χ3v) is 5.15. The zero-order valence-corrected chi connectivity index (χ0v) is 18.0. The number of halogens is 1. The second-order valence-corrected chi connectivity index (χ2v) is 7.36. The second kappa shape index (κ2) is 10.6. The van der Waals surface area contributed by atoms with Gasteiger partial charge in [-0.3, -0.25) is 14.5 Å². The molecule has 0 radical (unpaired) electrons. The van der Waals surface area contributed by atoms with Crippen LogP contribution in [0.3, 0.4) is 0 Å². The molecule has 0 fully saturated rings. The molecule has 0 saturated heterocycles. The standard InChI is InChI=1S/C22H22FN3O4S/c1-16(27)26(20-8-4-3-7-19(20)23)22-24-17(15-31-22)9-10-21(28)25(11-13-29-2)14-18-6-5-12-30-18/h3-10,12,15H,11,13-14H2,1-2H3/b10-9+. The lowest BCUT2D eigenvalue weighted by Crippen LogP contribution is -2.31. The highest BCUT2D eigenvalue weighted by Crippen LogP contribution is 2.31. The Bertz CT molecular complexity index is 1050. The molecule has 0 aliphatic carbocycles. The van der Waals surface area contributed by atoms with Gasteiger partial charge in [-0.05, 0) is 30.3 Å². The van der Waals surface area contributed by atoms with Crippen LogP contribution in [0.1, 0.15) is 18.4 Å². The molecule has 3 rings (SSSR count). The first-order valence-electron chi connectivity index (χ1n) is 9.48. The van der Waals surface area contributed by atoms with Crippen molar-refractivity contribution >= 4 is 40.0 Å². The van der Waals surface area contributed by atoms with E-state index in [4.69, 9.17) is 9.15 Å². The largest absolute Gasteiger partial charge is 0.467 e. The van der Waals surface area contributed by atoms with Gasteiger partial charge in [0, 0.05) is 32.0 Å². The van der Waals surface area contributed by atoms with Gasteiger partial charge in [0.25, 0.3) is 0 Å². The van der Waals surface area contributed by atoms with E-state index >= 15 is 0 Å². The van der Waals surface area contributed by atoms with E-state index in [0.29, 0.717) is 36.3 Å². The van der Waals surface area contributed by atoms with E-state index in [1.165, 1.54) is 41.4 Å². The van der Waals surface area contributed by atoms with Crippen molar-refractivity contribution in [2.75, 3.05) is 25.2 Å². The van der Waals surface area contributed by atoms with Crippen LogP contribution in [0.15, 0.2) is 58.5 Å². The lowest BCUT2D eigenvalue weighted by molar-refractivity contribution is -0.127. The van der Waals surface area contributed by atoms with Gasteiger partial charge in [0.2, 0.25) is 11.8 Å². The van der Waals surface area contributed by atoms with Gasteiger partial charge in [-0.15, -0.1) is 11.3 Å². The number of thiazole rings is 1. The highest BCUT2D eigenvalue weighted by Gasteiger charge is 2.20. The van der Waals surface area contributed by atoms with Crippen LogP contribution >= 0.6 is 11.3 Å². The van der Waals surface area contributed by atoms with Crippen molar-refractivity contribution in [3.05, 3.63) is 71.4 Å². The number of rotatable bonds is 9. The Labute approximate surface area is 183 Å². The number of hydrogen-bond acceptors (Lipinski definition) is 6. The van der Waals surface area contributed by atoms with Crippen LogP contribution in [0.5, 0.6) is 0 Å². The summed E-state index contributed by atoms with van der Waals surface area (Å²) in [7, 11) is 1.57. The lowest BCUT2D eigenvalue weighted by Gasteiger charge is -2.19. The molecule has 0 aliphatic heterocycles. The van der Waals surface area contributed by atoms with E-state index in [0.717, 1.165) is 0 Å². The minimum atomic E-state index is -0.521. The zero-order chi connectivity index (χ0) is 22.2. The third kappa shape index (κ3) is 5.87. The maximum atomic E-state index is 14.2. The Kier molecular flexibility index (Phi) is 7.69. The van der Waals surface area contributed by atoms with Crippen LogP contribution in [-0.4, -0.2) is 42.0 Å². The quantitative estimate of drug-likeness (QED) is 0.462. The first-order chi connectivity index (χ1) is 15.0. The molecular formula is C22H22FN3O4S. The fourth-order valence-electron chi connectivity index (χ4n) is 2.82. The van der Waals surface area contributed by atoms with E-state index in [1.807, 2.05) is 0 Å². The van der Waals surface area contributed by atoms with Crippen LogP contribution in [-0.2, 0) is 20.9 Å². The topological polar surface area (TPSA) is 75.9 Å². The number of benzene rings is 1. The molecule has 0 spiro atoms. The average Bonchev–Trinajstić information content (AvgIpc) is 3.43. The van der Waals surface area contributed by atoms with Crippen LogP contribution < -0.4 is 4.90 Å². The third-order valence-electron chi connectivity index (χ3n) is 4.31. The molecule has 2 heterocycles. The molecule has 1 aromatic carbocycles. The molecule has 162 valence electrons. The van der Waals surface area contributed by atoms with Gasteiger partial charge in [0.1, 0.15) is 11.6 Å². The Morgan fingerprint density at radius 3 is 2.74 bits per heavy atom. The van der Waals surface area contributed by atoms with Gasteiger partial charge in [0.05, 0.1) is 30.8 Å². The van der Waals surface area contributed by atoms with Crippen molar-refractivity contribution < 1.29 is 23.1 Å². The molecule has 0 atom stereocenters. The zero-order valence-electron chi connectivity index (χ0n) is 17.2. The summed E-state index contributed by atoms with van der Waals surface area (Å²) in [6.45, 7) is 2.44. The number of para-hydroxylation sites is 1. The summed E-state index contributed by atoms with van der Waals surface area (Å²) in [4.78, 5) is 32.0. The molecule has 0 unspecified atom stereocenters. The van der Waals surface area contributed by atoms with E-state index in [-0.39, 0.29) is 17.5 Å². The molecule has 0 bridgehead atoms. The van der Waals surface area contributed by atoms with Crippen molar-refractivity contribution in [1.29, 1.82) is 0 Å². The smallest absolute Gasteiger partial charge is 0.247 e.